The fourth-order valence-corrected chi connectivity index (χ4v) is 3.38. The Bertz CT molecular complexity index is 583. The highest BCUT2D eigenvalue weighted by molar-refractivity contribution is 9.10. The Kier molecular flexibility index (Phi) is 4.18. The number of rotatable bonds is 3. The molecule has 1 N–H and O–H groups in total. The Morgan fingerprint density at radius 1 is 1.20 bits per heavy atom. The van der Waals surface area contributed by atoms with Gasteiger partial charge in [0.25, 0.3) is 0 Å². The van der Waals surface area contributed by atoms with Gasteiger partial charge in [-0.3, -0.25) is 4.98 Å². The predicted molar refractivity (Wildman–Crippen MR) is 85.7 cm³/mol. The summed E-state index contributed by atoms with van der Waals surface area (Å²) in [6.07, 6.45) is 7.22. The zero-order chi connectivity index (χ0) is 13.9. The van der Waals surface area contributed by atoms with E-state index in [0.717, 1.165) is 12.8 Å². The number of aryl methyl sites for hydroxylation is 1. The van der Waals surface area contributed by atoms with Gasteiger partial charge in [0, 0.05) is 29.0 Å². The van der Waals surface area contributed by atoms with E-state index >= 15 is 0 Å². The standard InChI is InChI=1S/C17H19BrN2/c1-12(13-6-8-19-9-7-13)20-17-5-3-14-10-16(18)4-2-15(14)11-17/h2,4,6-10,12,17,20H,3,5,11H2,1H3/t12-,17?/m1/s1. The van der Waals surface area contributed by atoms with Crippen molar-refractivity contribution < 1.29 is 0 Å². The van der Waals surface area contributed by atoms with E-state index in [1.165, 1.54) is 27.6 Å². The van der Waals surface area contributed by atoms with E-state index in [1.807, 2.05) is 12.4 Å². The van der Waals surface area contributed by atoms with Crippen molar-refractivity contribution in [2.24, 2.45) is 0 Å². The van der Waals surface area contributed by atoms with E-state index < -0.39 is 0 Å². The van der Waals surface area contributed by atoms with Gasteiger partial charge in [-0.1, -0.05) is 22.0 Å². The Hall–Kier alpha value is -1.19. The molecule has 3 rings (SSSR count). The third-order valence-corrected chi connectivity index (χ3v) is 4.58. The minimum absolute atomic E-state index is 0.375. The summed E-state index contributed by atoms with van der Waals surface area (Å²) in [6, 6.07) is 11.8. The number of nitrogens with zero attached hydrogens (tertiary/aromatic N) is 1. The number of hydrogen-bond donors (Lipinski definition) is 1. The summed E-state index contributed by atoms with van der Waals surface area (Å²) in [4.78, 5) is 4.08. The second-order valence-corrected chi connectivity index (χ2v) is 6.44. The van der Waals surface area contributed by atoms with E-state index in [1.54, 1.807) is 0 Å². The highest BCUT2D eigenvalue weighted by Crippen LogP contribution is 2.26. The highest BCUT2D eigenvalue weighted by atomic mass is 79.9. The lowest BCUT2D eigenvalue weighted by Crippen LogP contribution is -2.36. The van der Waals surface area contributed by atoms with Crippen LogP contribution in [0.2, 0.25) is 0 Å². The quantitative estimate of drug-likeness (QED) is 0.918. The molecule has 0 bridgehead atoms. The molecule has 1 aromatic heterocycles. The topological polar surface area (TPSA) is 24.9 Å². The van der Waals surface area contributed by atoms with Crippen LogP contribution in [0, 0.1) is 0 Å². The van der Waals surface area contributed by atoms with Crippen LogP contribution in [0.3, 0.4) is 0 Å². The summed E-state index contributed by atoms with van der Waals surface area (Å²) in [7, 11) is 0. The molecule has 3 heteroatoms. The van der Waals surface area contributed by atoms with E-state index in [9.17, 15) is 0 Å². The van der Waals surface area contributed by atoms with Gasteiger partial charge < -0.3 is 5.32 Å². The highest BCUT2D eigenvalue weighted by Gasteiger charge is 2.20. The molecular formula is C17H19BrN2. The van der Waals surface area contributed by atoms with Crippen molar-refractivity contribution in [3.05, 3.63) is 63.9 Å². The van der Waals surface area contributed by atoms with Crippen molar-refractivity contribution in [1.82, 2.24) is 10.3 Å². The van der Waals surface area contributed by atoms with Gasteiger partial charge in [-0.2, -0.15) is 0 Å². The number of fused-ring (bicyclic) bond motifs is 1. The molecule has 0 saturated heterocycles. The Labute approximate surface area is 128 Å². The van der Waals surface area contributed by atoms with Crippen molar-refractivity contribution in [1.29, 1.82) is 0 Å². The van der Waals surface area contributed by atoms with Crippen LogP contribution in [0.4, 0.5) is 0 Å². The molecule has 0 aliphatic heterocycles. The third kappa shape index (κ3) is 3.10. The van der Waals surface area contributed by atoms with E-state index in [-0.39, 0.29) is 0 Å². The smallest absolute Gasteiger partial charge is 0.0295 e. The molecule has 0 amide bonds. The molecule has 104 valence electrons. The van der Waals surface area contributed by atoms with Crippen molar-refractivity contribution in [2.75, 3.05) is 0 Å². The average Bonchev–Trinajstić information content (AvgIpc) is 2.48. The lowest BCUT2D eigenvalue weighted by Gasteiger charge is -2.28. The Balaban J connectivity index is 1.67. The zero-order valence-corrected chi connectivity index (χ0v) is 13.2. The molecule has 20 heavy (non-hydrogen) atoms. The van der Waals surface area contributed by atoms with Gasteiger partial charge in [-0.15, -0.1) is 0 Å². The van der Waals surface area contributed by atoms with Gasteiger partial charge >= 0.3 is 0 Å². The van der Waals surface area contributed by atoms with E-state index in [2.05, 4.69) is 63.5 Å². The van der Waals surface area contributed by atoms with E-state index in [0.29, 0.717) is 12.1 Å². The van der Waals surface area contributed by atoms with E-state index in [4.69, 9.17) is 0 Å². The molecule has 2 nitrogen and oxygen atoms in total. The Morgan fingerprint density at radius 2 is 2.00 bits per heavy atom. The molecule has 1 heterocycles. The summed E-state index contributed by atoms with van der Waals surface area (Å²) in [5.74, 6) is 0. The normalized spacial score (nSPS) is 19.4. The number of halogens is 1. The first kappa shape index (κ1) is 13.8. The van der Waals surface area contributed by atoms with Crippen LogP contribution in [0.5, 0.6) is 0 Å². The molecule has 2 atom stereocenters. The number of benzene rings is 1. The fraction of sp³-hybridized carbons (Fsp3) is 0.353. The maximum atomic E-state index is 4.08. The summed E-state index contributed by atoms with van der Waals surface area (Å²) in [5, 5.41) is 3.75. The van der Waals surface area contributed by atoms with Gasteiger partial charge in [-0.25, -0.2) is 0 Å². The van der Waals surface area contributed by atoms with Gasteiger partial charge in [0.05, 0.1) is 0 Å². The number of pyridine rings is 1. The van der Waals surface area contributed by atoms with Crippen LogP contribution in [0.15, 0.2) is 47.2 Å². The summed E-state index contributed by atoms with van der Waals surface area (Å²) >= 11 is 3.55. The number of nitrogens with one attached hydrogen (secondary N) is 1. The van der Waals surface area contributed by atoms with Gasteiger partial charge in [0.2, 0.25) is 0 Å². The van der Waals surface area contributed by atoms with Crippen molar-refractivity contribution >= 4 is 15.9 Å². The Morgan fingerprint density at radius 3 is 2.80 bits per heavy atom. The van der Waals surface area contributed by atoms with Gasteiger partial charge in [-0.05, 0) is 67.1 Å². The van der Waals surface area contributed by atoms with Crippen LogP contribution in [0.1, 0.15) is 36.1 Å². The minimum atomic E-state index is 0.375. The summed E-state index contributed by atoms with van der Waals surface area (Å²) < 4.78 is 1.19. The summed E-state index contributed by atoms with van der Waals surface area (Å²) in [5.41, 5.74) is 4.29. The van der Waals surface area contributed by atoms with Crippen LogP contribution in [-0.2, 0) is 12.8 Å². The summed E-state index contributed by atoms with van der Waals surface area (Å²) in [6.45, 7) is 2.23. The molecule has 1 aromatic carbocycles. The predicted octanol–water partition coefficient (Wildman–Crippen LogP) is 4.05. The monoisotopic (exact) mass is 330 g/mol. The first-order valence-corrected chi connectivity index (χ1v) is 7.95. The maximum absolute atomic E-state index is 4.08. The SMILES string of the molecule is C[C@@H](NC1CCc2cc(Br)ccc2C1)c1ccncc1. The van der Waals surface area contributed by atoms with Gasteiger partial charge in [0.15, 0.2) is 0 Å². The molecule has 0 fully saturated rings. The molecule has 0 saturated carbocycles. The molecule has 1 aliphatic rings. The maximum Gasteiger partial charge on any atom is 0.0295 e. The average molecular weight is 331 g/mol. The van der Waals surface area contributed by atoms with Crippen LogP contribution in [0.25, 0.3) is 0 Å². The molecule has 2 aromatic rings. The molecule has 1 unspecified atom stereocenters. The number of aromatic nitrogens is 1. The van der Waals surface area contributed by atoms with Crippen LogP contribution in [-0.4, -0.2) is 11.0 Å². The van der Waals surface area contributed by atoms with Crippen LogP contribution < -0.4 is 5.32 Å². The molecule has 0 spiro atoms. The molecule has 1 aliphatic carbocycles. The van der Waals surface area contributed by atoms with Crippen LogP contribution >= 0.6 is 15.9 Å². The molecule has 0 radical (unpaired) electrons. The second kappa shape index (κ2) is 6.06. The first-order chi connectivity index (χ1) is 9.72. The van der Waals surface area contributed by atoms with Crippen molar-refractivity contribution in [2.45, 2.75) is 38.3 Å². The largest absolute Gasteiger partial charge is 0.307 e. The van der Waals surface area contributed by atoms with Gasteiger partial charge in [0.1, 0.15) is 0 Å². The second-order valence-electron chi connectivity index (χ2n) is 5.52. The number of hydrogen-bond acceptors (Lipinski definition) is 2. The fourth-order valence-electron chi connectivity index (χ4n) is 2.97. The zero-order valence-electron chi connectivity index (χ0n) is 11.6. The minimum Gasteiger partial charge on any atom is -0.307 e. The first-order valence-electron chi connectivity index (χ1n) is 7.15. The van der Waals surface area contributed by atoms with Crippen molar-refractivity contribution in [3.63, 3.8) is 0 Å². The third-order valence-electron chi connectivity index (χ3n) is 4.09. The lowest BCUT2D eigenvalue weighted by atomic mass is 9.88. The van der Waals surface area contributed by atoms with Crippen molar-refractivity contribution in [3.8, 4) is 0 Å². The lowest BCUT2D eigenvalue weighted by molar-refractivity contribution is 0.413. The molecular weight excluding hydrogens is 312 g/mol.